The van der Waals surface area contributed by atoms with Crippen LogP contribution in [0.3, 0.4) is 0 Å². The highest BCUT2D eigenvalue weighted by Gasteiger charge is 2.14. The molecule has 1 amide bonds. The molecule has 0 aliphatic carbocycles. The minimum absolute atomic E-state index is 0.0843. The molecule has 2 aromatic rings. The Bertz CT molecular complexity index is 801. The fourth-order valence-electron chi connectivity index (χ4n) is 2.10. The van der Waals surface area contributed by atoms with Crippen LogP contribution in [0, 0.1) is 0 Å². The SMILES string of the molecule is Cn1cc(CCC(=O)Nc2cccc(S(=O)(=O)NCCN)c2)cn1. The molecular formula is C15H21N5O3S. The van der Waals surface area contributed by atoms with Crippen molar-refractivity contribution < 1.29 is 13.2 Å². The van der Waals surface area contributed by atoms with E-state index in [1.165, 1.54) is 12.1 Å². The number of nitrogens with one attached hydrogen (secondary N) is 2. The van der Waals surface area contributed by atoms with E-state index in [0.29, 0.717) is 12.1 Å². The average molecular weight is 351 g/mol. The lowest BCUT2D eigenvalue weighted by molar-refractivity contribution is -0.116. The Morgan fingerprint density at radius 3 is 2.83 bits per heavy atom. The van der Waals surface area contributed by atoms with Crippen LogP contribution < -0.4 is 15.8 Å². The van der Waals surface area contributed by atoms with Gasteiger partial charge in [0.1, 0.15) is 0 Å². The van der Waals surface area contributed by atoms with Crippen LogP contribution in [-0.2, 0) is 28.3 Å². The summed E-state index contributed by atoms with van der Waals surface area (Å²) in [5.74, 6) is -0.191. The van der Waals surface area contributed by atoms with Crippen molar-refractivity contribution in [2.75, 3.05) is 18.4 Å². The zero-order chi connectivity index (χ0) is 17.6. The standard InChI is InChI=1S/C15H21N5O3S/c1-20-11-12(10-17-20)5-6-15(21)19-13-3-2-4-14(9-13)24(22,23)18-8-7-16/h2-4,9-11,18H,5-8,16H2,1H3,(H,19,21). The quantitative estimate of drug-likeness (QED) is 0.629. The summed E-state index contributed by atoms with van der Waals surface area (Å²) in [5, 5.41) is 6.75. The predicted molar refractivity (Wildman–Crippen MR) is 90.8 cm³/mol. The molecule has 0 radical (unpaired) electrons. The molecule has 0 fully saturated rings. The smallest absolute Gasteiger partial charge is 0.240 e. The van der Waals surface area contributed by atoms with Crippen LogP contribution in [0.2, 0.25) is 0 Å². The lowest BCUT2D eigenvalue weighted by Gasteiger charge is -2.09. The molecule has 4 N–H and O–H groups in total. The summed E-state index contributed by atoms with van der Waals surface area (Å²) in [4.78, 5) is 12.1. The van der Waals surface area contributed by atoms with E-state index < -0.39 is 10.0 Å². The van der Waals surface area contributed by atoms with Gasteiger partial charge in [0, 0.05) is 38.4 Å². The summed E-state index contributed by atoms with van der Waals surface area (Å²) < 4.78 is 28.2. The molecule has 0 atom stereocenters. The summed E-state index contributed by atoms with van der Waals surface area (Å²) in [7, 11) is -1.81. The molecule has 130 valence electrons. The van der Waals surface area contributed by atoms with Gasteiger partial charge in [0.15, 0.2) is 0 Å². The largest absolute Gasteiger partial charge is 0.329 e. The highest BCUT2D eigenvalue weighted by atomic mass is 32.2. The van der Waals surface area contributed by atoms with Gasteiger partial charge in [-0.25, -0.2) is 13.1 Å². The van der Waals surface area contributed by atoms with Crippen molar-refractivity contribution in [3.8, 4) is 0 Å². The van der Waals surface area contributed by atoms with E-state index >= 15 is 0 Å². The van der Waals surface area contributed by atoms with Gasteiger partial charge in [0.05, 0.1) is 11.1 Å². The van der Waals surface area contributed by atoms with Gasteiger partial charge in [0.2, 0.25) is 15.9 Å². The van der Waals surface area contributed by atoms with Crippen molar-refractivity contribution in [2.45, 2.75) is 17.7 Å². The number of nitrogens with two attached hydrogens (primary N) is 1. The fraction of sp³-hybridized carbons (Fsp3) is 0.333. The third-order valence-electron chi connectivity index (χ3n) is 3.26. The van der Waals surface area contributed by atoms with Crippen molar-refractivity contribution in [3.63, 3.8) is 0 Å². The molecule has 0 aliphatic rings. The number of aryl methyl sites for hydroxylation is 2. The van der Waals surface area contributed by atoms with Gasteiger partial charge < -0.3 is 11.1 Å². The molecule has 0 unspecified atom stereocenters. The third kappa shape index (κ3) is 5.15. The van der Waals surface area contributed by atoms with Gasteiger partial charge in [-0.1, -0.05) is 6.07 Å². The first kappa shape index (κ1) is 18.1. The lowest BCUT2D eigenvalue weighted by atomic mass is 10.2. The second kappa shape index (κ2) is 8.04. The number of carbonyl (C=O) groups excluding carboxylic acids is 1. The minimum Gasteiger partial charge on any atom is -0.329 e. The molecule has 0 aliphatic heterocycles. The van der Waals surface area contributed by atoms with Crippen molar-refractivity contribution in [1.29, 1.82) is 0 Å². The summed E-state index contributed by atoms with van der Waals surface area (Å²) in [6.07, 6.45) is 4.41. The summed E-state index contributed by atoms with van der Waals surface area (Å²) in [6, 6.07) is 6.10. The number of hydrogen-bond donors (Lipinski definition) is 3. The van der Waals surface area contributed by atoms with Crippen LogP contribution in [0.5, 0.6) is 0 Å². The van der Waals surface area contributed by atoms with Gasteiger partial charge in [-0.3, -0.25) is 9.48 Å². The maximum Gasteiger partial charge on any atom is 0.240 e. The Labute approximate surface area is 141 Å². The molecule has 0 spiro atoms. The first-order chi connectivity index (χ1) is 11.4. The minimum atomic E-state index is -3.63. The zero-order valence-corrected chi connectivity index (χ0v) is 14.2. The normalized spacial score (nSPS) is 11.4. The zero-order valence-electron chi connectivity index (χ0n) is 13.4. The van der Waals surface area contributed by atoms with Crippen LogP contribution in [0.15, 0.2) is 41.6 Å². The van der Waals surface area contributed by atoms with E-state index in [4.69, 9.17) is 5.73 Å². The Balaban J connectivity index is 1.97. The van der Waals surface area contributed by atoms with Gasteiger partial charge in [-0.15, -0.1) is 0 Å². The Morgan fingerprint density at radius 1 is 1.38 bits per heavy atom. The molecule has 0 bridgehead atoms. The number of nitrogens with zero attached hydrogens (tertiary/aromatic N) is 2. The van der Waals surface area contributed by atoms with Gasteiger partial charge >= 0.3 is 0 Å². The third-order valence-corrected chi connectivity index (χ3v) is 4.72. The highest BCUT2D eigenvalue weighted by molar-refractivity contribution is 7.89. The number of rotatable bonds is 8. The first-order valence-corrected chi connectivity index (χ1v) is 8.96. The molecular weight excluding hydrogens is 330 g/mol. The first-order valence-electron chi connectivity index (χ1n) is 7.48. The molecule has 1 heterocycles. The second-order valence-corrected chi connectivity index (χ2v) is 7.05. The van der Waals surface area contributed by atoms with Crippen LogP contribution in [0.4, 0.5) is 5.69 Å². The predicted octanol–water partition coefficient (Wildman–Crippen LogP) is 0.228. The number of amides is 1. The molecule has 2 rings (SSSR count). The summed E-state index contributed by atoms with van der Waals surface area (Å²) in [5.41, 5.74) is 6.70. The lowest BCUT2D eigenvalue weighted by Crippen LogP contribution is -2.29. The number of sulfonamides is 1. The van der Waals surface area contributed by atoms with Crippen LogP contribution in [0.1, 0.15) is 12.0 Å². The Kier molecular flexibility index (Phi) is 6.07. The summed E-state index contributed by atoms with van der Waals surface area (Å²) >= 11 is 0. The topological polar surface area (TPSA) is 119 Å². The molecule has 24 heavy (non-hydrogen) atoms. The van der Waals surface area contributed by atoms with E-state index in [1.807, 2.05) is 13.2 Å². The number of carbonyl (C=O) groups is 1. The number of hydrogen-bond acceptors (Lipinski definition) is 5. The maximum atomic E-state index is 12.1. The van der Waals surface area contributed by atoms with Gasteiger partial charge in [-0.05, 0) is 30.2 Å². The average Bonchev–Trinajstić information content (AvgIpc) is 2.97. The van der Waals surface area contributed by atoms with Crippen LogP contribution in [0.25, 0.3) is 0 Å². The van der Waals surface area contributed by atoms with Crippen LogP contribution in [-0.4, -0.2) is 37.2 Å². The number of benzene rings is 1. The molecule has 0 saturated heterocycles. The Morgan fingerprint density at radius 2 is 2.17 bits per heavy atom. The van der Waals surface area contributed by atoms with E-state index in [0.717, 1.165) is 5.56 Å². The van der Waals surface area contributed by atoms with Gasteiger partial charge in [-0.2, -0.15) is 5.10 Å². The Hall–Kier alpha value is -2.23. The van der Waals surface area contributed by atoms with E-state index in [-0.39, 0.29) is 30.3 Å². The number of anilines is 1. The maximum absolute atomic E-state index is 12.1. The van der Waals surface area contributed by atoms with Crippen LogP contribution >= 0.6 is 0 Å². The van der Waals surface area contributed by atoms with Crippen molar-refractivity contribution >= 4 is 21.6 Å². The molecule has 8 nitrogen and oxygen atoms in total. The fourth-order valence-corrected chi connectivity index (χ4v) is 3.19. The van der Waals surface area contributed by atoms with E-state index in [1.54, 1.807) is 23.0 Å². The van der Waals surface area contributed by atoms with E-state index in [9.17, 15) is 13.2 Å². The molecule has 0 saturated carbocycles. The van der Waals surface area contributed by atoms with Crippen molar-refractivity contribution in [3.05, 3.63) is 42.2 Å². The molecule has 9 heteroatoms. The molecule has 1 aromatic heterocycles. The van der Waals surface area contributed by atoms with Crippen molar-refractivity contribution in [2.24, 2.45) is 12.8 Å². The highest BCUT2D eigenvalue weighted by Crippen LogP contribution is 2.15. The number of aromatic nitrogens is 2. The van der Waals surface area contributed by atoms with Gasteiger partial charge in [0.25, 0.3) is 0 Å². The molecule has 1 aromatic carbocycles. The van der Waals surface area contributed by atoms with E-state index in [2.05, 4.69) is 15.1 Å². The summed E-state index contributed by atoms with van der Waals surface area (Å²) in [6.45, 7) is 0.369. The monoisotopic (exact) mass is 351 g/mol. The van der Waals surface area contributed by atoms with Crippen molar-refractivity contribution in [1.82, 2.24) is 14.5 Å². The second-order valence-electron chi connectivity index (χ2n) is 5.28.